The zero-order valence-corrected chi connectivity index (χ0v) is 10.2. The van der Waals surface area contributed by atoms with E-state index in [9.17, 15) is 0 Å². The minimum atomic E-state index is 0.342. The normalized spacial score (nSPS) is 10.3. The number of nitrogens with zero attached hydrogens (tertiary/aromatic N) is 1. The molecule has 17 heavy (non-hydrogen) atoms. The maximum Gasteiger partial charge on any atom is 0.145 e. The van der Waals surface area contributed by atoms with Crippen LogP contribution in [0.3, 0.4) is 0 Å². The molecular weight excluding hydrogens is 236 g/mol. The summed E-state index contributed by atoms with van der Waals surface area (Å²) in [5.41, 5.74) is 7.40. The van der Waals surface area contributed by atoms with E-state index in [1.54, 1.807) is 12.3 Å². The SMILES string of the molecule is Cc1ccc(Oc2cccc(Cl)c2CN)cn1. The van der Waals surface area contributed by atoms with E-state index in [1.807, 2.05) is 31.2 Å². The molecule has 0 unspecified atom stereocenters. The lowest BCUT2D eigenvalue weighted by molar-refractivity contribution is 0.474. The zero-order valence-electron chi connectivity index (χ0n) is 9.48. The Hall–Kier alpha value is -1.58. The fourth-order valence-corrected chi connectivity index (χ4v) is 1.72. The van der Waals surface area contributed by atoms with E-state index in [0.717, 1.165) is 11.3 Å². The molecule has 88 valence electrons. The molecule has 0 spiro atoms. The average Bonchev–Trinajstić information content (AvgIpc) is 2.32. The van der Waals surface area contributed by atoms with Crippen LogP contribution in [0.4, 0.5) is 0 Å². The van der Waals surface area contributed by atoms with Crippen LogP contribution in [-0.2, 0) is 6.54 Å². The largest absolute Gasteiger partial charge is 0.455 e. The standard InChI is InChI=1S/C13H13ClN2O/c1-9-5-6-10(8-16-9)17-13-4-2-3-12(14)11(13)7-15/h2-6,8H,7,15H2,1H3. The van der Waals surface area contributed by atoms with E-state index in [0.29, 0.717) is 23.1 Å². The van der Waals surface area contributed by atoms with Crippen molar-refractivity contribution in [2.45, 2.75) is 13.5 Å². The first-order valence-corrected chi connectivity index (χ1v) is 5.66. The minimum absolute atomic E-state index is 0.342. The van der Waals surface area contributed by atoms with Gasteiger partial charge in [-0.15, -0.1) is 0 Å². The molecule has 4 heteroatoms. The van der Waals surface area contributed by atoms with Crippen LogP contribution in [0.2, 0.25) is 5.02 Å². The first-order chi connectivity index (χ1) is 8.20. The molecule has 2 N–H and O–H groups in total. The van der Waals surface area contributed by atoms with E-state index < -0.39 is 0 Å². The second-order valence-electron chi connectivity index (χ2n) is 3.66. The monoisotopic (exact) mass is 248 g/mol. The Labute approximate surface area is 105 Å². The van der Waals surface area contributed by atoms with Crippen LogP contribution < -0.4 is 10.5 Å². The number of hydrogen-bond acceptors (Lipinski definition) is 3. The molecule has 0 saturated carbocycles. The van der Waals surface area contributed by atoms with Crippen LogP contribution in [0, 0.1) is 6.92 Å². The lowest BCUT2D eigenvalue weighted by atomic mass is 10.2. The van der Waals surface area contributed by atoms with Gasteiger partial charge in [-0.2, -0.15) is 0 Å². The summed E-state index contributed by atoms with van der Waals surface area (Å²) in [7, 11) is 0. The quantitative estimate of drug-likeness (QED) is 0.907. The van der Waals surface area contributed by atoms with Gasteiger partial charge in [0.15, 0.2) is 0 Å². The summed E-state index contributed by atoms with van der Waals surface area (Å²) in [5, 5.41) is 0.616. The van der Waals surface area contributed by atoms with E-state index >= 15 is 0 Å². The molecule has 0 aliphatic heterocycles. The van der Waals surface area contributed by atoms with Gasteiger partial charge in [0.2, 0.25) is 0 Å². The lowest BCUT2D eigenvalue weighted by Crippen LogP contribution is -2.00. The zero-order chi connectivity index (χ0) is 12.3. The first-order valence-electron chi connectivity index (χ1n) is 5.28. The second kappa shape index (κ2) is 5.17. The Bertz CT molecular complexity index is 511. The Kier molecular flexibility index (Phi) is 3.61. The van der Waals surface area contributed by atoms with Gasteiger partial charge in [0.1, 0.15) is 11.5 Å². The average molecular weight is 249 g/mol. The highest BCUT2D eigenvalue weighted by atomic mass is 35.5. The van der Waals surface area contributed by atoms with Gasteiger partial charge in [-0.1, -0.05) is 17.7 Å². The van der Waals surface area contributed by atoms with Gasteiger partial charge in [-0.25, -0.2) is 0 Å². The van der Waals surface area contributed by atoms with Crippen molar-refractivity contribution in [3.63, 3.8) is 0 Å². The number of benzene rings is 1. The molecule has 1 aromatic heterocycles. The first kappa shape index (κ1) is 11.9. The Morgan fingerprint density at radius 3 is 2.76 bits per heavy atom. The van der Waals surface area contributed by atoms with Crippen molar-refractivity contribution in [3.05, 3.63) is 52.8 Å². The second-order valence-corrected chi connectivity index (χ2v) is 4.07. The molecule has 2 rings (SSSR count). The molecular formula is C13H13ClN2O. The smallest absolute Gasteiger partial charge is 0.145 e. The van der Waals surface area contributed by atoms with Gasteiger partial charge >= 0.3 is 0 Å². The predicted molar refractivity (Wildman–Crippen MR) is 68.4 cm³/mol. The van der Waals surface area contributed by atoms with Crippen molar-refractivity contribution in [2.24, 2.45) is 5.73 Å². The van der Waals surface area contributed by atoms with Crippen molar-refractivity contribution in [2.75, 3.05) is 0 Å². The van der Waals surface area contributed by atoms with Gasteiger partial charge in [0, 0.05) is 22.8 Å². The fourth-order valence-electron chi connectivity index (χ4n) is 1.47. The molecule has 2 aromatic rings. The molecule has 1 heterocycles. The van der Waals surface area contributed by atoms with E-state index in [-0.39, 0.29) is 0 Å². The van der Waals surface area contributed by atoms with Gasteiger partial charge < -0.3 is 10.5 Å². The molecule has 0 radical (unpaired) electrons. The lowest BCUT2D eigenvalue weighted by Gasteiger charge is -2.10. The number of hydrogen-bond donors (Lipinski definition) is 1. The highest BCUT2D eigenvalue weighted by molar-refractivity contribution is 6.31. The molecule has 0 aliphatic carbocycles. The van der Waals surface area contributed by atoms with Crippen LogP contribution >= 0.6 is 11.6 Å². The van der Waals surface area contributed by atoms with Crippen molar-refractivity contribution in [1.82, 2.24) is 4.98 Å². The van der Waals surface area contributed by atoms with Crippen molar-refractivity contribution >= 4 is 11.6 Å². The Morgan fingerprint density at radius 2 is 2.12 bits per heavy atom. The third-order valence-electron chi connectivity index (χ3n) is 2.39. The predicted octanol–water partition coefficient (Wildman–Crippen LogP) is 3.29. The summed E-state index contributed by atoms with van der Waals surface area (Å²) in [6, 6.07) is 9.22. The number of nitrogens with two attached hydrogens (primary N) is 1. The van der Waals surface area contributed by atoms with Gasteiger partial charge in [0.25, 0.3) is 0 Å². The van der Waals surface area contributed by atoms with E-state index in [1.165, 1.54) is 0 Å². The molecule has 0 aliphatic rings. The number of pyridine rings is 1. The highest BCUT2D eigenvalue weighted by Gasteiger charge is 2.07. The topological polar surface area (TPSA) is 48.1 Å². The molecule has 0 saturated heterocycles. The molecule has 0 atom stereocenters. The van der Waals surface area contributed by atoms with Crippen molar-refractivity contribution in [3.8, 4) is 11.5 Å². The maximum absolute atomic E-state index is 6.05. The number of halogens is 1. The third kappa shape index (κ3) is 2.75. The molecule has 3 nitrogen and oxygen atoms in total. The fraction of sp³-hybridized carbons (Fsp3) is 0.154. The summed E-state index contributed by atoms with van der Waals surface area (Å²) in [4.78, 5) is 4.16. The van der Waals surface area contributed by atoms with E-state index in [2.05, 4.69) is 4.98 Å². The van der Waals surface area contributed by atoms with Crippen LogP contribution in [0.15, 0.2) is 36.5 Å². The third-order valence-corrected chi connectivity index (χ3v) is 2.75. The van der Waals surface area contributed by atoms with Crippen molar-refractivity contribution < 1.29 is 4.74 Å². The van der Waals surface area contributed by atoms with Crippen LogP contribution in [0.25, 0.3) is 0 Å². The number of ether oxygens (including phenoxy) is 1. The minimum Gasteiger partial charge on any atom is -0.455 e. The summed E-state index contributed by atoms with van der Waals surface area (Å²) >= 11 is 6.05. The van der Waals surface area contributed by atoms with Crippen molar-refractivity contribution in [1.29, 1.82) is 0 Å². The number of aryl methyl sites for hydroxylation is 1. The van der Waals surface area contributed by atoms with E-state index in [4.69, 9.17) is 22.1 Å². The summed E-state index contributed by atoms with van der Waals surface area (Å²) < 4.78 is 5.71. The Morgan fingerprint density at radius 1 is 1.29 bits per heavy atom. The van der Waals surface area contributed by atoms with Gasteiger partial charge in [-0.3, -0.25) is 4.98 Å². The van der Waals surface area contributed by atoms with Crippen LogP contribution in [-0.4, -0.2) is 4.98 Å². The summed E-state index contributed by atoms with van der Waals surface area (Å²) in [6.45, 7) is 2.27. The molecule has 1 aromatic carbocycles. The summed E-state index contributed by atoms with van der Waals surface area (Å²) in [6.07, 6.45) is 1.68. The number of aromatic nitrogens is 1. The molecule has 0 fully saturated rings. The maximum atomic E-state index is 6.05. The molecule has 0 amide bonds. The van der Waals surface area contributed by atoms with Crippen LogP contribution in [0.1, 0.15) is 11.3 Å². The summed E-state index contributed by atoms with van der Waals surface area (Å²) in [5.74, 6) is 1.35. The van der Waals surface area contributed by atoms with Gasteiger partial charge in [-0.05, 0) is 31.2 Å². The Balaban J connectivity index is 2.29. The number of rotatable bonds is 3. The van der Waals surface area contributed by atoms with Gasteiger partial charge in [0.05, 0.1) is 6.20 Å². The molecule has 0 bridgehead atoms. The van der Waals surface area contributed by atoms with Crippen LogP contribution in [0.5, 0.6) is 11.5 Å². The highest BCUT2D eigenvalue weighted by Crippen LogP contribution is 2.29.